The van der Waals surface area contributed by atoms with Gasteiger partial charge in [0.2, 0.25) is 0 Å². The molecule has 10 heteroatoms. The summed E-state index contributed by atoms with van der Waals surface area (Å²) in [6.45, 7) is 0.368. The highest BCUT2D eigenvalue weighted by Gasteiger charge is 2.16. The maximum atomic E-state index is 12.3. The third-order valence-electron chi connectivity index (χ3n) is 3.21. The summed E-state index contributed by atoms with van der Waals surface area (Å²) in [5, 5.41) is 5.44. The van der Waals surface area contributed by atoms with Crippen molar-refractivity contribution >= 4 is 50.8 Å². The van der Waals surface area contributed by atoms with Crippen LogP contribution in [0.3, 0.4) is 0 Å². The normalized spacial score (nSPS) is 11.5. The van der Waals surface area contributed by atoms with Gasteiger partial charge in [0.1, 0.15) is 6.33 Å². The molecule has 0 fully saturated rings. The highest BCUT2D eigenvalue weighted by atomic mass is 35.5. The zero-order valence-electron chi connectivity index (χ0n) is 12.5. The fraction of sp³-hybridized carbons (Fsp3) is 0.0667. The molecule has 0 saturated carbocycles. The predicted molar refractivity (Wildman–Crippen MR) is 97.8 cm³/mol. The Kier molecular flexibility index (Phi) is 5.19. The molecule has 1 aromatic heterocycles. The minimum Gasteiger partial charge on any atom is -0.246 e. The summed E-state index contributed by atoms with van der Waals surface area (Å²) < 4.78 is 28.4. The van der Waals surface area contributed by atoms with E-state index in [1.54, 1.807) is 18.2 Å². The molecule has 0 amide bonds. The van der Waals surface area contributed by atoms with E-state index in [0.29, 0.717) is 21.6 Å². The van der Waals surface area contributed by atoms with E-state index >= 15 is 0 Å². The molecule has 0 aliphatic rings. The van der Waals surface area contributed by atoms with Gasteiger partial charge in [-0.05, 0) is 42.0 Å². The second-order valence-corrected chi connectivity index (χ2v) is 8.01. The first kappa shape index (κ1) is 18.0. The van der Waals surface area contributed by atoms with Crippen LogP contribution in [0.4, 0.5) is 5.95 Å². The van der Waals surface area contributed by atoms with Crippen molar-refractivity contribution in [2.75, 3.05) is 4.72 Å². The van der Waals surface area contributed by atoms with E-state index in [1.807, 2.05) is 0 Å². The molecule has 25 heavy (non-hydrogen) atoms. The SMILES string of the molecule is O=S(=O)(Nc1ncn(Cc2ccc(Cl)c(Cl)c2)n1)c1ccc(Cl)cc1. The minimum atomic E-state index is -3.79. The summed E-state index contributed by atoms with van der Waals surface area (Å²) in [7, 11) is -3.79. The molecule has 0 bridgehead atoms. The zero-order valence-corrected chi connectivity index (χ0v) is 15.6. The average Bonchev–Trinajstić information content (AvgIpc) is 2.97. The van der Waals surface area contributed by atoms with Crippen LogP contribution in [0.2, 0.25) is 15.1 Å². The highest BCUT2D eigenvalue weighted by Crippen LogP contribution is 2.23. The molecule has 6 nitrogen and oxygen atoms in total. The molecule has 1 N–H and O–H groups in total. The third-order valence-corrected chi connectivity index (χ3v) is 5.55. The first-order chi connectivity index (χ1) is 11.8. The van der Waals surface area contributed by atoms with E-state index in [4.69, 9.17) is 34.8 Å². The first-order valence-corrected chi connectivity index (χ1v) is 9.57. The number of nitrogens with one attached hydrogen (secondary N) is 1. The number of sulfonamides is 1. The zero-order chi connectivity index (χ0) is 18.0. The molecule has 3 rings (SSSR count). The van der Waals surface area contributed by atoms with Gasteiger partial charge in [0.15, 0.2) is 0 Å². The van der Waals surface area contributed by atoms with Crippen LogP contribution >= 0.6 is 34.8 Å². The molecular weight excluding hydrogens is 407 g/mol. The van der Waals surface area contributed by atoms with Gasteiger partial charge in [-0.3, -0.25) is 0 Å². The fourth-order valence-corrected chi connectivity index (χ4v) is 3.43. The summed E-state index contributed by atoms with van der Waals surface area (Å²) in [6, 6.07) is 11.0. The number of anilines is 1. The number of nitrogens with zero attached hydrogens (tertiary/aromatic N) is 3. The van der Waals surface area contributed by atoms with Gasteiger partial charge in [0.05, 0.1) is 21.5 Å². The summed E-state index contributed by atoms with van der Waals surface area (Å²) in [5.41, 5.74) is 0.853. The van der Waals surface area contributed by atoms with Crippen LogP contribution in [0.25, 0.3) is 0 Å². The number of rotatable bonds is 5. The Morgan fingerprint density at radius 2 is 1.72 bits per heavy atom. The quantitative estimate of drug-likeness (QED) is 0.678. The van der Waals surface area contributed by atoms with Gasteiger partial charge in [-0.15, -0.1) is 5.10 Å². The lowest BCUT2D eigenvalue weighted by Gasteiger charge is -2.05. The fourth-order valence-electron chi connectivity index (χ4n) is 2.04. The van der Waals surface area contributed by atoms with Crippen molar-refractivity contribution in [3.63, 3.8) is 0 Å². The lowest BCUT2D eigenvalue weighted by molar-refractivity contribution is 0.600. The highest BCUT2D eigenvalue weighted by molar-refractivity contribution is 7.92. The van der Waals surface area contributed by atoms with Crippen LogP contribution in [-0.2, 0) is 16.6 Å². The van der Waals surface area contributed by atoms with Gasteiger partial charge < -0.3 is 0 Å². The van der Waals surface area contributed by atoms with Gasteiger partial charge in [-0.2, -0.15) is 4.98 Å². The average molecular weight is 418 g/mol. The van der Waals surface area contributed by atoms with Crippen molar-refractivity contribution in [2.24, 2.45) is 0 Å². The standard InChI is InChI=1S/C15H11Cl3N4O2S/c16-11-2-4-12(5-3-11)25(23,24)21-15-19-9-22(20-15)8-10-1-6-13(17)14(18)7-10/h1-7,9H,8H2,(H,20,21). The molecule has 1 heterocycles. The molecule has 0 aliphatic heterocycles. The van der Waals surface area contributed by atoms with Gasteiger partial charge in [0, 0.05) is 5.02 Å². The van der Waals surface area contributed by atoms with Crippen LogP contribution in [0.15, 0.2) is 53.7 Å². The van der Waals surface area contributed by atoms with Crippen molar-refractivity contribution in [3.8, 4) is 0 Å². The number of aromatic nitrogens is 3. The number of hydrogen-bond donors (Lipinski definition) is 1. The molecule has 2 aromatic carbocycles. The Bertz CT molecular complexity index is 1000. The van der Waals surface area contributed by atoms with Gasteiger partial charge in [0.25, 0.3) is 16.0 Å². The molecule has 0 aliphatic carbocycles. The Morgan fingerprint density at radius 3 is 2.40 bits per heavy atom. The number of benzene rings is 2. The van der Waals surface area contributed by atoms with Crippen LogP contribution < -0.4 is 4.72 Å². The minimum absolute atomic E-state index is 0.0324. The Hall–Kier alpha value is -1.80. The third kappa shape index (κ3) is 4.43. The molecule has 130 valence electrons. The Labute approximate surface area is 159 Å². The summed E-state index contributed by atoms with van der Waals surface area (Å²) in [5.74, 6) is -0.0324. The van der Waals surface area contributed by atoms with Crippen LogP contribution in [0.5, 0.6) is 0 Å². The lowest BCUT2D eigenvalue weighted by Crippen LogP contribution is -2.14. The van der Waals surface area contributed by atoms with E-state index in [2.05, 4.69) is 14.8 Å². The maximum Gasteiger partial charge on any atom is 0.264 e. The van der Waals surface area contributed by atoms with Crippen molar-refractivity contribution in [3.05, 3.63) is 69.4 Å². The van der Waals surface area contributed by atoms with Crippen molar-refractivity contribution in [1.29, 1.82) is 0 Å². The summed E-state index contributed by atoms with van der Waals surface area (Å²) in [4.78, 5) is 4.02. The van der Waals surface area contributed by atoms with E-state index in [1.165, 1.54) is 35.3 Å². The maximum absolute atomic E-state index is 12.3. The van der Waals surface area contributed by atoms with Crippen molar-refractivity contribution in [1.82, 2.24) is 14.8 Å². The molecular formula is C15H11Cl3N4O2S. The predicted octanol–water partition coefficient (Wildman–Crippen LogP) is 4.09. The van der Waals surface area contributed by atoms with Crippen molar-refractivity contribution in [2.45, 2.75) is 11.4 Å². The lowest BCUT2D eigenvalue weighted by atomic mass is 10.2. The van der Waals surface area contributed by atoms with Crippen LogP contribution in [0.1, 0.15) is 5.56 Å². The summed E-state index contributed by atoms with van der Waals surface area (Å²) >= 11 is 17.6. The van der Waals surface area contributed by atoms with E-state index in [9.17, 15) is 8.42 Å². The largest absolute Gasteiger partial charge is 0.264 e. The van der Waals surface area contributed by atoms with E-state index in [-0.39, 0.29) is 10.8 Å². The van der Waals surface area contributed by atoms with Gasteiger partial charge in [-0.1, -0.05) is 40.9 Å². The monoisotopic (exact) mass is 416 g/mol. The second-order valence-electron chi connectivity index (χ2n) is 5.07. The van der Waals surface area contributed by atoms with E-state index in [0.717, 1.165) is 5.56 Å². The second kappa shape index (κ2) is 7.21. The smallest absolute Gasteiger partial charge is 0.246 e. The van der Waals surface area contributed by atoms with Crippen LogP contribution in [0, 0.1) is 0 Å². The van der Waals surface area contributed by atoms with Gasteiger partial charge in [-0.25, -0.2) is 17.8 Å². The first-order valence-electron chi connectivity index (χ1n) is 6.95. The molecule has 0 saturated heterocycles. The molecule has 0 unspecified atom stereocenters. The topological polar surface area (TPSA) is 76.9 Å². The van der Waals surface area contributed by atoms with Gasteiger partial charge >= 0.3 is 0 Å². The molecule has 0 atom stereocenters. The molecule has 0 radical (unpaired) electrons. The summed E-state index contributed by atoms with van der Waals surface area (Å²) in [6.07, 6.45) is 1.42. The molecule has 3 aromatic rings. The van der Waals surface area contributed by atoms with Crippen molar-refractivity contribution < 1.29 is 8.42 Å². The van der Waals surface area contributed by atoms with E-state index < -0.39 is 10.0 Å². The van der Waals surface area contributed by atoms with Crippen LogP contribution in [-0.4, -0.2) is 23.2 Å². The molecule has 0 spiro atoms. The Morgan fingerprint density at radius 1 is 1.00 bits per heavy atom. The number of halogens is 3. The number of hydrogen-bond acceptors (Lipinski definition) is 4. The Balaban J connectivity index is 1.74.